The van der Waals surface area contributed by atoms with Crippen LogP contribution in [0.3, 0.4) is 0 Å². The van der Waals surface area contributed by atoms with Crippen LogP contribution in [0.4, 0.5) is 0 Å². The molecule has 1 aromatic heterocycles. The van der Waals surface area contributed by atoms with E-state index in [1.807, 2.05) is 27.1 Å². The first-order chi connectivity index (χ1) is 12.4. The van der Waals surface area contributed by atoms with Gasteiger partial charge in [-0.15, -0.1) is 0 Å². The Bertz CT molecular complexity index is 816. The molecule has 1 atom stereocenters. The minimum Gasteiger partial charge on any atom is -0.352 e. The number of nitrogens with zero attached hydrogens (tertiary/aromatic N) is 1. The largest absolute Gasteiger partial charge is 0.352 e. The lowest BCUT2D eigenvalue weighted by Crippen LogP contribution is -2.32. The molecule has 142 valence electrons. The Labute approximate surface area is 156 Å². The maximum Gasteiger partial charge on any atom is 0.236 e. The lowest BCUT2D eigenvalue weighted by atomic mass is 9.79. The van der Waals surface area contributed by atoms with Gasteiger partial charge in [0.15, 0.2) is 6.29 Å². The number of rotatable bonds is 8. The van der Waals surface area contributed by atoms with Crippen molar-refractivity contribution in [1.29, 1.82) is 0 Å². The molecule has 1 amide bonds. The summed E-state index contributed by atoms with van der Waals surface area (Å²) >= 11 is 0. The second-order valence-electron chi connectivity index (χ2n) is 7.37. The van der Waals surface area contributed by atoms with E-state index in [9.17, 15) is 9.59 Å². The SMILES string of the molecule is C/C=c1/c(CCCCC)c(C=O)[nH]c1=CCC1=CN(C)C(=O)C1(C)CC. The second kappa shape index (κ2) is 8.52. The Balaban J connectivity index is 2.38. The number of H-pyrrole nitrogens is 1. The molecule has 0 fully saturated rings. The molecule has 0 spiro atoms. The molecular weight excluding hydrogens is 324 g/mol. The average Bonchev–Trinajstić information content (AvgIpc) is 3.10. The predicted octanol–water partition coefficient (Wildman–Crippen LogP) is 3.30. The maximum absolute atomic E-state index is 12.5. The van der Waals surface area contributed by atoms with Gasteiger partial charge in [-0.2, -0.15) is 0 Å². The van der Waals surface area contributed by atoms with Gasteiger partial charge in [0.05, 0.1) is 11.1 Å². The number of carbonyl (C=O) groups excluding carboxylic acids is 2. The van der Waals surface area contributed by atoms with Crippen LogP contribution in [0.1, 0.15) is 75.9 Å². The lowest BCUT2D eigenvalue weighted by molar-refractivity contribution is -0.133. The zero-order chi connectivity index (χ0) is 19.3. The molecule has 0 bridgehead atoms. The van der Waals surface area contributed by atoms with Gasteiger partial charge in [0.25, 0.3) is 0 Å². The molecule has 2 rings (SSSR count). The van der Waals surface area contributed by atoms with Crippen molar-refractivity contribution in [3.8, 4) is 0 Å². The number of aromatic nitrogens is 1. The van der Waals surface area contributed by atoms with Crippen molar-refractivity contribution in [1.82, 2.24) is 9.88 Å². The highest BCUT2D eigenvalue weighted by Gasteiger charge is 2.41. The second-order valence-corrected chi connectivity index (χ2v) is 7.37. The van der Waals surface area contributed by atoms with Crippen molar-refractivity contribution in [3.05, 3.63) is 33.6 Å². The highest BCUT2D eigenvalue weighted by molar-refractivity contribution is 5.89. The van der Waals surface area contributed by atoms with E-state index in [0.717, 1.165) is 53.7 Å². The van der Waals surface area contributed by atoms with Gasteiger partial charge in [-0.3, -0.25) is 9.59 Å². The van der Waals surface area contributed by atoms with E-state index in [-0.39, 0.29) is 5.91 Å². The highest BCUT2D eigenvalue weighted by atomic mass is 16.2. The number of hydrogen-bond acceptors (Lipinski definition) is 2. The fraction of sp³-hybridized carbons (Fsp3) is 0.545. The summed E-state index contributed by atoms with van der Waals surface area (Å²) in [6.45, 7) is 8.27. The van der Waals surface area contributed by atoms with Crippen LogP contribution in [0.5, 0.6) is 0 Å². The molecule has 1 N–H and O–H groups in total. The molecule has 2 heterocycles. The van der Waals surface area contributed by atoms with Gasteiger partial charge in [0.1, 0.15) is 0 Å². The summed E-state index contributed by atoms with van der Waals surface area (Å²) in [6, 6.07) is 0. The fourth-order valence-corrected chi connectivity index (χ4v) is 3.84. The van der Waals surface area contributed by atoms with Crippen LogP contribution in [0.2, 0.25) is 0 Å². The molecule has 4 heteroatoms. The smallest absolute Gasteiger partial charge is 0.236 e. The quantitative estimate of drug-likeness (QED) is 0.574. The molecular formula is C22H32N2O2. The van der Waals surface area contributed by atoms with Crippen LogP contribution in [0.15, 0.2) is 11.8 Å². The van der Waals surface area contributed by atoms with Crippen molar-refractivity contribution >= 4 is 24.3 Å². The van der Waals surface area contributed by atoms with Gasteiger partial charge in [0, 0.05) is 18.6 Å². The van der Waals surface area contributed by atoms with Gasteiger partial charge in [-0.05, 0) is 55.9 Å². The summed E-state index contributed by atoms with van der Waals surface area (Å²) in [4.78, 5) is 29.0. The number of aromatic amines is 1. The molecule has 0 saturated carbocycles. The Kier molecular flexibility index (Phi) is 6.63. The molecule has 0 saturated heterocycles. The molecule has 0 aromatic carbocycles. The van der Waals surface area contributed by atoms with E-state index in [4.69, 9.17) is 0 Å². The molecule has 4 nitrogen and oxygen atoms in total. The van der Waals surface area contributed by atoms with Crippen molar-refractivity contribution in [2.24, 2.45) is 5.41 Å². The summed E-state index contributed by atoms with van der Waals surface area (Å²) in [7, 11) is 1.82. The van der Waals surface area contributed by atoms with Gasteiger partial charge in [-0.1, -0.05) is 38.8 Å². The normalized spacial score (nSPS) is 21.7. The van der Waals surface area contributed by atoms with Crippen LogP contribution >= 0.6 is 0 Å². The van der Waals surface area contributed by atoms with Gasteiger partial charge < -0.3 is 9.88 Å². The Morgan fingerprint density at radius 1 is 1.27 bits per heavy atom. The first-order valence-corrected chi connectivity index (χ1v) is 9.73. The Hall–Kier alpha value is -2.10. The first kappa shape index (κ1) is 20.2. The summed E-state index contributed by atoms with van der Waals surface area (Å²) in [5.74, 6) is 0.158. The van der Waals surface area contributed by atoms with E-state index in [1.165, 1.54) is 6.42 Å². The molecule has 0 radical (unpaired) electrons. The van der Waals surface area contributed by atoms with Gasteiger partial charge >= 0.3 is 0 Å². The molecule has 1 aliphatic heterocycles. The minimum atomic E-state index is -0.425. The molecule has 1 aromatic rings. The van der Waals surface area contributed by atoms with Gasteiger partial charge in [-0.25, -0.2) is 0 Å². The number of aldehydes is 1. The molecule has 1 unspecified atom stereocenters. The average molecular weight is 357 g/mol. The summed E-state index contributed by atoms with van der Waals surface area (Å²) < 4.78 is 0. The number of carbonyl (C=O) groups is 2. The van der Waals surface area contributed by atoms with Crippen molar-refractivity contribution in [2.75, 3.05) is 7.05 Å². The van der Waals surface area contributed by atoms with E-state index < -0.39 is 5.41 Å². The van der Waals surface area contributed by atoms with Crippen LogP contribution in [0, 0.1) is 5.41 Å². The molecule has 0 aliphatic carbocycles. The monoisotopic (exact) mass is 356 g/mol. The van der Waals surface area contributed by atoms with Gasteiger partial charge in [0.2, 0.25) is 5.91 Å². The van der Waals surface area contributed by atoms with Crippen LogP contribution in [0.25, 0.3) is 12.2 Å². The minimum absolute atomic E-state index is 0.158. The lowest BCUT2D eigenvalue weighted by Gasteiger charge is -2.23. The van der Waals surface area contributed by atoms with Crippen LogP contribution < -0.4 is 10.6 Å². The zero-order valence-electron chi connectivity index (χ0n) is 16.8. The molecule has 26 heavy (non-hydrogen) atoms. The van der Waals surface area contributed by atoms with E-state index >= 15 is 0 Å². The van der Waals surface area contributed by atoms with Crippen LogP contribution in [-0.2, 0) is 11.2 Å². The fourth-order valence-electron chi connectivity index (χ4n) is 3.84. The zero-order valence-corrected chi connectivity index (χ0v) is 16.8. The summed E-state index contributed by atoms with van der Waals surface area (Å²) in [6.07, 6.45) is 12.9. The number of hydrogen-bond donors (Lipinski definition) is 1. The van der Waals surface area contributed by atoms with Crippen molar-refractivity contribution < 1.29 is 9.59 Å². The van der Waals surface area contributed by atoms with Crippen molar-refractivity contribution in [2.45, 2.75) is 66.2 Å². The standard InChI is InChI=1S/C22H32N2O2/c1-6-9-10-11-18-17(7-2)19(23-20(18)15-25)13-12-16-14-24(5)21(26)22(16,4)8-3/h7,13-15,23H,6,8-12H2,1-5H3/b17-7-,19-13?. The van der Waals surface area contributed by atoms with Crippen molar-refractivity contribution in [3.63, 3.8) is 0 Å². The van der Waals surface area contributed by atoms with Crippen LogP contribution in [-0.4, -0.2) is 29.1 Å². The number of unbranched alkanes of at least 4 members (excludes halogenated alkanes) is 2. The van der Waals surface area contributed by atoms with E-state index in [2.05, 4.69) is 31.0 Å². The number of amides is 1. The maximum atomic E-state index is 12.5. The Morgan fingerprint density at radius 2 is 2.00 bits per heavy atom. The van der Waals surface area contributed by atoms with E-state index in [1.54, 1.807) is 4.90 Å². The highest BCUT2D eigenvalue weighted by Crippen LogP contribution is 2.39. The summed E-state index contributed by atoms with van der Waals surface area (Å²) in [5, 5.41) is 2.11. The predicted molar refractivity (Wildman–Crippen MR) is 107 cm³/mol. The topological polar surface area (TPSA) is 53.2 Å². The first-order valence-electron chi connectivity index (χ1n) is 9.73. The third-order valence-corrected chi connectivity index (χ3v) is 5.73. The number of nitrogens with one attached hydrogen (secondary N) is 1. The third kappa shape index (κ3) is 3.69. The summed E-state index contributed by atoms with van der Waals surface area (Å²) in [5.41, 5.74) is 2.51. The Morgan fingerprint density at radius 3 is 2.58 bits per heavy atom. The molecule has 1 aliphatic rings. The third-order valence-electron chi connectivity index (χ3n) is 5.73. The van der Waals surface area contributed by atoms with E-state index in [0.29, 0.717) is 12.1 Å².